The maximum atomic E-state index is 13.2. The fraction of sp³-hybridized carbons (Fsp3) is 0.111. The van der Waals surface area contributed by atoms with Crippen molar-refractivity contribution in [1.82, 2.24) is 5.32 Å². The molecule has 0 aliphatic carbocycles. The van der Waals surface area contributed by atoms with Gasteiger partial charge in [0, 0.05) is 0 Å². The molecule has 0 unspecified atom stereocenters. The van der Waals surface area contributed by atoms with Crippen LogP contribution in [0.2, 0.25) is 5.02 Å². The molecule has 0 heterocycles. The van der Waals surface area contributed by atoms with Crippen molar-refractivity contribution in [2.24, 2.45) is 0 Å². The Hall–Kier alpha value is -1.13. The summed E-state index contributed by atoms with van der Waals surface area (Å²) in [7, 11) is 0. The van der Waals surface area contributed by atoms with E-state index in [4.69, 9.17) is 23.2 Å². The number of hydrogen-bond donors (Lipinski definition) is 1. The van der Waals surface area contributed by atoms with Gasteiger partial charge in [0.05, 0.1) is 17.1 Å². The van der Waals surface area contributed by atoms with Gasteiger partial charge in [-0.15, -0.1) is 0 Å². The molecule has 1 rings (SSSR count). The average Bonchev–Trinajstić information content (AvgIpc) is 2.14. The molecule has 0 saturated heterocycles. The maximum Gasteiger partial charge on any atom is 0.256 e. The molecule has 0 spiro atoms. The molecule has 3 nitrogen and oxygen atoms in total. The average molecular weight is 250 g/mol. The largest absolute Gasteiger partial charge is 0.343 e. The number of amides is 1. The molecule has 0 atom stereocenters. The Morgan fingerprint density at radius 1 is 1.40 bits per heavy atom. The van der Waals surface area contributed by atoms with Crippen molar-refractivity contribution in [3.05, 3.63) is 34.6 Å². The van der Waals surface area contributed by atoms with Crippen LogP contribution < -0.4 is 5.32 Å². The zero-order valence-electron chi connectivity index (χ0n) is 7.39. The first kappa shape index (κ1) is 11.9. The highest BCUT2D eigenvalue weighted by molar-refractivity contribution is 6.64. The van der Waals surface area contributed by atoms with Gasteiger partial charge >= 0.3 is 0 Å². The third-order valence-electron chi connectivity index (χ3n) is 1.58. The first-order valence-electron chi connectivity index (χ1n) is 3.93. The van der Waals surface area contributed by atoms with E-state index in [0.29, 0.717) is 0 Å². The van der Waals surface area contributed by atoms with E-state index in [1.807, 2.05) is 0 Å². The molecule has 0 saturated carbocycles. The number of rotatable bonds is 3. The highest BCUT2D eigenvalue weighted by Gasteiger charge is 2.15. The number of benzene rings is 1. The molecule has 0 fully saturated rings. The van der Waals surface area contributed by atoms with Crippen LogP contribution in [0.15, 0.2) is 18.2 Å². The molecule has 1 N–H and O–H groups in total. The summed E-state index contributed by atoms with van der Waals surface area (Å²) >= 11 is 10.6. The van der Waals surface area contributed by atoms with Gasteiger partial charge in [-0.1, -0.05) is 17.7 Å². The predicted molar refractivity (Wildman–Crippen MR) is 54.6 cm³/mol. The zero-order valence-corrected chi connectivity index (χ0v) is 8.90. The van der Waals surface area contributed by atoms with Crippen molar-refractivity contribution in [3.8, 4) is 0 Å². The minimum absolute atomic E-state index is 0.0190. The molecule has 0 radical (unpaired) electrons. The minimum atomic E-state index is -0.771. The van der Waals surface area contributed by atoms with Gasteiger partial charge in [0.2, 0.25) is 5.24 Å². The molecule has 0 aliphatic heterocycles. The Balaban J connectivity index is 2.86. The zero-order chi connectivity index (χ0) is 11.4. The van der Waals surface area contributed by atoms with Crippen LogP contribution in [-0.4, -0.2) is 17.7 Å². The van der Waals surface area contributed by atoms with Gasteiger partial charge in [0.25, 0.3) is 5.91 Å². The fourth-order valence-electron chi connectivity index (χ4n) is 0.953. The second-order valence-electron chi connectivity index (χ2n) is 2.63. The van der Waals surface area contributed by atoms with E-state index in [-0.39, 0.29) is 17.1 Å². The molecule has 0 aromatic heterocycles. The fourth-order valence-corrected chi connectivity index (χ4v) is 1.27. The normalized spacial score (nSPS) is 9.80. The molecule has 1 aromatic rings. The van der Waals surface area contributed by atoms with Crippen LogP contribution in [0.4, 0.5) is 4.39 Å². The Morgan fingerprint density at radius 2 is 2.07 bits per heavy atom. The monoisotopic (exact) mass is 249 g/mol. The molecular weight excluding hydrogens is 244 g/mol. The van der Waals surface area contributed by atoms with Crippen LogP contribution in [0.25, 0.3) is 0 Å². The molecule has 80 valence electrons. The third-order valence-corrected chi connectivity index (χ3v) is 2.03. The summed E-state index contributed by atoms with van der Waals surface area (Å²) in [5, 5.41) is 1.38. The summed E-state index contributed by atoms with van der Waals surface area (Å²) in [5.41, 5.74) is -0.294. The van der Waals surface area contributed by atoms with Crippen LogP contribution in [-0.2, 0) is 4.79 Å². The van der Waals surface area contributed by atoms with Crippen molar-refractivity contribution in [3.63, 3.8) is 0 Å². The molecule has 1 aromatic carbocycles. The highest BCUT2D eigenvalue weighted by atomic mass is 35.5. The second-order valence-corrected chi connectivity index (χ2v) is 3.46. The van der Waals surface area contributed by atoms with Crippen molar-refractivity contribution in [2.75, 3.05) is 6.54 Å². The maximum absolute atomic E-state index is 13.2. The van der Waals surface area contributed by atoms with E-state index in [0.717, 1.165) is 6.07 Å². The minimum Gasteiger partial charge on any atom is -0.343 e. The quantitative estimate of drug-likeness (QED) is 0.833. The number of nitrogens with one attached hydrogen (secondary N) is 1. The molecule has 1 amide bonds. The molecule has 0 aliphatic rings. The van der Waals surface area contributed by atoms with Gasteiger partial charge in [0.1, 0.15) is 5.82 Å². The molecule has 6 heteroatoms. The van der Waals surface area contributed by atoms with Crippen molar-refractivity contribution in [1.29, 1.82) is 0 Å². The topological polar surface area (TPSA) is 46.2 Å². The van der Waals surface area contributed by atoms with E-state index in [1.54, 1.807) is 0 Å². The van der Waals surface area contributed by atoms with E-state index < -0.39 is 17.0 Å². The third kappa shape index (κ3) is 3.18. The van der Waals surface area contributed by atoms with E-state index in [2.05, 4.69) is 5.32 Å². The summed E-state index contributed by atoms with van der Waals surface area (Å²) < 4.78 is 13.2. The van der Waals surface area contributed by atoms with Crippen LogP contribution in [0.1, 0.15) is 10.4 Å². The summed E-state index contributed by atoms with van der Waals surface area (Å²) in [6.07, 6.45) is 0. The van der Waals surface area contributed by atoms with Crippen molar-refractivity contribution < 1.29 is 14.0 Å². The van der Waals surface area contributed by atoms with E-state index in [9.17, 15) is 14.0 Å². The van der Waals surface area contributed by atoms with Crippen molar-refractivity contribution in [2.45, 2.75) is 0 Å². The predicted octanol–water partition coefficient (Wildman–Crippen LogP) is 1.97. The number of hydrogen-bond acceptors (Lipinski definition) is 2. The number of carbonyl (C=O) groups is 2. The van der Waals surface area contributed by atoms with Gasteiger partial charge in [-0.3, -0.25) is 9.59 Å². The smallest absolute Gasteiger partial charge is 0.256 e. The lowest BCUT2D eigenvalue weighted by molar-refractivity contribution is -0.110. The second kappa shape index (κ2) is 5.09. The Bertz CT molecular complexity index is 389. The Labute approximate surface area is 95.2 Å². The molecule has 15 heavy (non-hydrogen) atoms. The standard InChI is InChI=1S/C9H6Cl2FNO2/c10-5-2-1-3-6(12)8(5)9(15)13-4-7(11)14/h1-3H,4H2,(H,13,15). The molecule has 0 bridgehead atoms. The van der Waals surface area contributed by atoms with Gasteiger partial charge in [-0.25, -0.2) is 4.39 Å². The summed E-state index contributed by atoms with van der Waals surface area (Å²) in [5.74, 6) is -1.52. The van der Waals surface area contributed by atoms with Gasteiger partial charge in [-0.05, 0) is 23.7 Å². The molecular formula is C9H6Cl2FNO2. The van der Waals surface area contributed by atoms with Crippen molar-refractivity contribution >= 4 is 34.4 Å². The Morgan fingerprint density at radius 3 is 2.60 bits per heavy atom. The summed E-state index contributed by atoms with van der Waals surface area (Å²) in [6.45, 7) is -0.370. The lowest BCUT2D eigenvalue weighted by atomic mass is 10.2. The van der Waals surface area contributed by atoms with Gasteiger partial charge in [0.15, 0.2) is 0 Å². The lowest BCUT2D eigenvalue weighted by Crippen LogP contribution is -2.28. The summed E-state index contributed by atoms with van der Waals surface area (Å²) in [6, 6.07) is 3.85. The SMILES string of the molecule is O=C(Cl)CNC(=O)c1c(F)cccc1Cl. The number of halogens is 3. The first-order valence-corrected chi connectivity index (χ1v) is 4.68. The highest BCUT2D eigenvalue weighted by Crippen LogP contribution is 2.18. The van der Waals surface area contributed by atoms with E-state index in [1.165, 1.54) is 12.1 Å². The summed E-state index contributed by atoms with van der Waals surface area (Å²) in [4.78, 5) is 21.7. The van der Waals surface area contributed by atoms with Crippen LogP contribution >= 0.6 is 23.2 Å². The van der Waals surface area contributed by atoms with Gasteiger partial charge in [-0.2, -0.15) is 0 Å². The number of carbonyl (C=O) groups excluding carboxylic acids is 2. The Kier molecular flexibility index (Phi) is 4.05. The van der Waals surface area contributed by atoms with E-state index >= 15 is 0 Å². The first-order chi connectivity index (χ1) is 7.02. The van der Waals surface area contributed by atoms with Gasteiger partial charge < -0.3 is 5.32 Å². The lowest BCUT2D eigenvalue weighted by Gasteiger charge is -2.05. The van der Waals surface area contributed by atoms with Crippen LogP contribution in [0, 0.1) is 5.82 Å². The van der Waals surface area contributed by atoms with Crippen LogP contribution in [0.3, 0.4) is 0 Å². The van der Waals surface area contributed by atoms with Crippen LogP contribution in [0.5, 0.6) is 0 Å².